The monoisotopic (exact) mass is 323 g/mol. The molecule has 0 aliphatic heterocycles. The predicted molar refractivity (Wildman–Crippen MR) is 85.7 cm³/mol. The van der Waals surface area contributed by atoms with Gasteiger partial charge in [-0.3, -0.25) is 4.57 Å². The van der Waals surface area contributed by atoms with Crippen molar-refractivity contribution >= 4 is 46.6 Å². The second kappa shape index (κ2) is 4.88. The highest BCUT2D eigenvalue weighted by Crippen LogP contribution is 2.30. The van der Waals surface area contributed by atoms with Crippen molar-refractivity contribution in [3.05, 3.63) is 50.3 Å². The van der Waals surface area contributed by atoms with Crippen molar-refractivity contribution in [3.8, 4) is 5.69 Å². The van der Waals surface area contributed by atoms with E-state index in [2.05, 4.69) is 9.97 Å². The van der Waals surface area contributed by atoms with Crippen LogP contribution >= 0.6 is 35.4 Å². The third-order valence-corrected chi connectivity index (χ3v) is 4.12. The number of fused-ring (bicyclic) bond motifs is 1. The lowest BCUT2D eigenvalue weighted by Gasteiger charge is -2.09. The summed E-state index contributed by atoms with van der Waals surface area (Å²) in [6, 6.07) is 5.64. The maximum atomic E-state index is 6.33. The van der Waals surface area contributed by atoms with Crippen molar-refractivity contribution in [2.24, 2.45) is 0 Å². The molecular formula is C14H11Cl2N3S. The molecular weight excluding hydrogens is 313 g/mol. The molecule has 0 unspecified atom stereocenters. The van der Waals surface area contributed by atoms with E-state index in [0.717, 1.165) is 28.0 Å². The first-order valence-corrected chi connectivity index (χ1v) is 7.17. The Balaban J connectivity index is 2.38. The molecule has 2 aromatic heterocycles. The van der Waals surface area contributed by atoms with Gasteiger partial charge in [0.1, 0.15) is 0 Å². The van der Waals surface area contributed by atoms with Crippen molar-refractivity contribution in [1.29, 1.82) is 0 Å². The fourth-order valence-corrected chi connectivity index (χ4v) is 2.89. The van der Waals surface area contributed by atoms with Gasteiger partial charge >= 0.3 is 0 Å². The molecule has 1 N–H and O–H groups in total. The molecule has 0 aliphatic carbocycles. The van der Waals surface area contributed by atoms with Crippen LogP contribution < -0.4 is 0 Å². The Morgan fingerprint density at radius 2 is 1.90 bits per heavy atom. The minimum atomic E-state index is 0.542. The van der Waals surface area contributed by atoms with Crippen LogP contribution in [0.15, 0.2) is 24.4 Å². The van der Waals surface area contributed by atoms with Crippen LogP contribution in [0.1, 0.15) is 11.1 Å². The minimum absolute atomic E-state index is 0.542. The molecule has 0 atom stereocenters. The molecule has 6 heteroatoms. The van der Waals surface area contributed by atoms with Crippen LogP contribution in [0.2, 0.25) is 10.0 Å². The number of hydrogen-bond acceptors (Lipinski definition) is 2. The summed E-state index contributed by atoms with van der Waals surface area (Å²) >= 11 is 17.9. The summed E-state index contributed by atoms with van der Waals surface area (Å²) in [6.07, 6.45) is 1.80. The smallest absolute Gasteiger partial charge is 0.184 e. The Bertz CT molecular complexity index is 880. The van der Waals surface area contributed by atoms with Gasteiger partial charge in [-0.15, -0.1) is 0 Å². The molecule has 0 bridgehead atoms. The largest absolute Gasteiger partial charge is 0.329 e. The number of hydrogen-bond donors (Lipinski definition) is 1. The number of aromatic nitrogens is 3. The highest BCUT2D eigenvalue weighted by atomic mass is 35.5. The second-order valence-electron chi connectivity index (χ2n) is 4.70. The number of aromatic amines is 1. The average Bonchev–Trinajstić information content (AvgIpc) is 2.69. The Labute approximate surface area is 131 Å². The van der Waals surface area contributed by atoms with Crippen LogP contribution in [0.4, 0.5) is 0 Å². The predicted octanol–water partition coefficient (Wildman–Crippen LogP) is 5.01. The second-order valence-corrected chi connectivity index (χ2v) is 5.90. The molecule has 0 saturated carbocycles. The zero-order valence-corrected chi connectivity index (χ0v) is 13.2. The van der Waals surface area contributed by atoms with Crippen molar-refractivity contribution in [2.45, 2.75) is 13.8 Å². The van der Waals surface area contributed by atoms with Gasteiger partial charge in [0.15, 0.2) is 10.4 Å². The van der Waals surface area contributed by atoms with E-state index >= 15 is 0 Å². The minimum Gasteiger partial charge on any atom is -0.329 e. The van der Waals surface area contributed by atoms with Crippen LogP contribution in [0, 0.1) is 18.6 Å². The third kappa shape index (κ3) is 2.14. The summed E-state index contributed by atoms with van der Waals surface area (Å²) in [5.74, 6) is 0. The molecule has 20 heavy (non-hydrogen) atoms. The Kier molecular flexibility index (Phi) is 3.32. The van der Waals surface area contributed by atoms with Gasteiger partial charge in [0.2, 0.25) is 0 Å². The number of rotatable bonds is 1. The Morgan fingerprint density at radius 3 is 2.65 bits per heavy atom. The van der Waals surface area contributed by atoms with Crippen molar-refractivity contribution < 1.29 is 0 Å². The normalized spacial score (nSPS) is 11.2. The summed E-state index contributed by atoms with van der Waals surface area (Å²) in [4.78, 5) is 7.58. The first-order chi connectivity index (χ1) is 9.47. The van der Waals surface area contributed by atoms with Gasteiger partial charge in [0, 0.05) is 11.2 Å². The zero-order valence-electron chi connectivity index (χ0n) is 10.9. The lowest BCUT2D eigenvalue weighted by molar-refractivity contribution is 1.04. The molecule has 3 aromatic rings. The molecule has 102 valence electrons. The third-order valence-electron chi connectivity index (χ3n) is 3.13. The summed E-state index contributed by atoms with van der Waals surface area (Å²) in [5, 5.41) is 1.24. The van der Waals surface area contributed by atoms with Crippen molar-refractivity contribution in [3.63, 3.8) is 0 Å². The average molecular weight is 324 g/mol. The van der Waals surface area contributed by atoms with Gasteiger partial charge in [-0.1, -0.05) is 23.2 Å². The fourth-order valence-electron chi connectivity index (χ4n) is 2.13. The maximum Gasteiger partial charge on any atom is 0.184 e. The first kappa shape index (κ1) is 13.6. The van der Waals surface area contributed by atoms with Gasteiger partial charge in [-0.05, 0) is 55.4 Å². The number of aryl methyl sites for hydroxylation is 2. The van der Waals surface area contributed by atoms with Crippen LogP contribution in [0.3, 0.4) is 0 Å². The van der Waals surface area contributed by atoms with Gasteiger partial charge in [-0.2, -0.15) is 0 Å². The Morgan fingerprint density at radius 1 is 1.15 bits per heavy atom. The molecule has 2 heterocycles. The van der Waals surface area contributed by atoms with E-state index in [1.165, 1.54) is 0 Å². The van der Waals surface area contributed by atoms with E-state index in [4.69, 9.17) is 35.4 Å². The van der Waals surface area contributed by atoms with Gasteiger partial charge < -0.3 is 4.98 Å². The summed E-state index contributed by atoms with van der Waals surface area (Å²) in [5.41, 5.74) is 4.34. The summed E-state index contributed by atoms with van der Waals surface area (Å²) < 4.78 is 2.34. The number of benzene rings is 1. The molecule has 3 nitrogen and oxygen atoms in total. The molecule has 0 spiro atoms. The quantitative estimate of drug-likeness (QED) is 0.639. The lowest BCUT2D eigenvalue weighted by Crippen LogP contribution is -1.97. The van der Waals surface area contributed by atoms with Crippen LogP contribution in [-0.2, 0) is 0 Å². The first-order valence-electron chi connectivity index (χ1n) is 6.01. The van der Waals surface area contributed by atoms with Crippen molar-refractivity contribution in [2.75, 3.05) is 0 Å². The van der Waals surface area contributed by atoms with E-state index in [1.807, 2.05) is 32.0 Å². The number of imidazole rings is 1. The number of halogens is 2. The number of H-pyrrole nitrogens is 1. The number of nitrogens with one attached hydrogen (secondary N) is 1. The molecule has 1 aromatic carbocycles. The molecule has 0 fully saturated rings. The SMILES string of the molecule is Cc1cnc2c(c1)[nH]c(=S)n2-c1cc(Cl)c(C)cc1Cl. The molecule has 0 aliphatic rings. The molecule has 0 amide bonds. The maximum absolute atomic E-state index is 6.33. The standard InChI is InChI=1S/C14H11Cl2N3S/c1-7-3-11-13(17-6-7)19(14(20)18-11)12-5-9(15)8(2)4-10(12)16/h3-6H,1-2H3,(H,18,20). The van der Waals surface area contributed by atoms with Crippen LogP contribution in [0.25, 0.3) is 16.9 Å². The van der Waals surface area contributed by atoms with Gasteiger partial charge in [-0.25, -0.2) is 4.98 Å². The summed E-state index contributed by atoms with van der Waals surface area (Å²) in [7, 11) is 0. The number of pyridine rings is 1. The molecule has 0 radical (unpaired) electrons. The molecule has 0 saturated heterocycles. The van der Waals surface area contributed by atoms with E-state index in [9.17, 15) is 0 Å². The highest BCUT2D eigenvalue weighted by molar-refractivity contribution is 7.71. The molecule has 3 rings (SSSR count). The van der Waals surface area contributed by atoms with E-state index in [0.29, 0.717) is 14.8 Å². The lowest BCUT2D eigenvalue weighted by atomic mass is 10.2. The van der Waals surface area contributed by atoms with Crippen LogP contribution in [0.5, 0.6) is 0 Å². The van der Waals surface area contributed by atoms with Gasteiger partial charge in [0.25, 0.3) is 0 Å². The Hall–Kier alpha value is -1.36. The highest BCUT2D eigenvalue weighted by Gasteiger charge is 2.12. The van der Waals surface area contributed by atoms with Crippen molar-refractivity contribution in [1.82, 2.24) is 14.5 Å². The van der Waals surface area contributed by atoms with Crippen LogP contribution in [-0.4, -0.2) is 14.5 Å². The number of nitrogens with zero attached hydrogens (tertiary/aromatic N) is 2. The van der Waals surface area contributed by atoms with Gasteiger partial charge in [0.05, 0.1) is 16.2 Å². The zero-order chi connectivity index (χ0) is 14.4. The van der Waals surface area contributed by atoms with E-state index in [1.54, 1.807) is 10.8 Å². The van der Waals surface area contributed by atoms with E-state index < -0.39 is 0 Å². The fraction of sp³-hybridized carbons (Fsp3) is 0.143. The van der Waals surface area contributed by atoms with E-state index in [-0.39, 0.29) is 0 Å². The topological polar surface area (TPSA) is 33.6 Å². The summed E-state index contributed by atoms with van der Waals surface area (Å²) in [6.45, 7) is 3.89.